The van der Waals surface area contributed by atoms with Gasteiger partial charge in [0.15, 0.2) is 17.2 Å². The van der Waals surface area contributed by atoms with E-state index in [0.29, 0.717) is 35.0 Å². The third-order valence-corrected chi connectivity index (χ3v) is 4.84. The molecule has 9 nitrogen and oxygen atoms in total. The highest BCUT2D eigenvalue weighted by Gasteiger charge is 2.14. The fourth-order valence-corrected chi connectivity index (χ4v) is 3.19. The fourth-order valence-electron chi connectivity index (χ4n) is 3.19. The van der Waals surface area contributed by atoms with E-state index in [-0.39, 0.29) is 17.2 Å². The minimum Gasteiger partial charge on any atom is -0.493 e. The van der Waals surface area contributed by atoms with Crippen LogP contribution in [0, 0.1) is 0 Å². The van der Waals surface area contributed by atoms with Crippen molar-refractivity contribution in [2.45, 2.75) is 6.61 Å². The van der Waals surface area contributed by atoms with Gasteiger partial charge in [-0.2, -0.15) is 5.10 Å². The van der Waals surface area contributed by atoms with Gasteiger partial charge in [0.25, 0.3) is 5.56 Å². The molecule has 9 heteroatoms. The molecule has 2 N–H and O–H groups in total. The topological polar surface area (TPSA) is 111 Å². The molecule has 0 atom stereocenters. The minimum absolute atomic E-state index is 0.114. The van der Waals surface area contributed by atoms with Crippen LogP contribution in [0.15, 0.2) is 82.7 Å². The molecule has 1 heterocycles. The van der Waals surface area contributed by atoms with Crippen LogP contribution < -0.4 is 25.2 Å². The zero-order valence-electron chi connectivity index (χ0n) is 18.7. The van der Waals surface area contributed by atoms with Crippen LogP contribution >= 0.6 is 0 Å². The SMILES string of the molecule is COc1cc(/C=N/Nc2nnc(-c3ccccc3)c(=O)[nH]2)cc(OC)c1OCc1ccccc1. The van der Waals surface area contributed by atoms with Crippen molar-refractivity contribution in [3.8, 4) is 28.5 Å². The largest absolute Gasteiger partial charge is 0.493 e. The predicted molar refractivity (Wildman–Crippen MR) is 130 cm³/mol. The first kappa shape index (κ1) is 22.5. The highest BCUT2D eigenvalue weighted by molar-refractivity contribution is 5.82. The monoisotopic (exact) mass is 457 g/mol. The molecule has 0 spiro atoms. The molecule has 3 aromatic carbocycles. The number of ether oxygens (including phenoxy) is 3. The number of benzene rings is 3. The third-order valence-electron chi connectivity index (χ3n) is 4.84. The summed E-state index contributed by atoms with van der Waals surface area (Å²) in [4.78, 5) is 15.0. The Bertz CT molecular complexity index is 1300. The number of hydrazone groups is 1. The Morgan fingerprint density at radius 2 is 1.59 bits per heavy atom. The average Bonchev–Trinajstić information content (AvgIpc) is 2.88. The highest BCUT2D eigenvalue weighted by atomic mass is 16.5. The molecule has 0 aliphatic heterocycles. The van der Waals surface area contributed by atoms with Gasteiger partial charge in [0, 0.05) is 11.1 Å². The molecule has 1 aromatic heterocycles. The van der Waals surface area contributed by atoms with Crippen LogP contribution in [0.3, 0.4) is 0 Å². The molecule has 0 aliphatic carbocycles. The number of methoxy groups -OCH3 is 2. The van der Waals surface area contributed by atoms with Crippen LogP contribution in [0.1, 0.15) is 11.1 Å². The number of nitrogens with one attached hydrogen (secondary N) is 2. The molecular formula is C25H23N5O4. The first-order valence-corrected chi connectivity index (χ1v) is 10.4. The van der Waals surface area contributed by atoms with Crippen LogP contribution in [-0.4, -0.2) is 35.6 Å². The van der Waals surface area contributed by atoms with E-state index in [1.54, 1.807) is 38.5 Å². The number of anilines is 1. The summed E-state index contributed by atoms with van der Waals surface area (Å²) >= 11 is 0. The lowest BCUT2D eigenvalue weighted by Gasteiger charge is -2.15. The van der Waals surface area contributed by atoms with Gasteiger partial charge in [-0.1, -0.05) is 60.7 Å². The maximum atomic E-state index is 12.3. The maximum Gasteiger partial charge on any atom is 0.279 e. The first-order valence-electron chi connectivity index (χ1n) is 10.4. The minimum atomic E-state index is -0.373. The number of hydrogen-bond acceptors (Lipinski definition) is 8. The van der Waals surface area contributed by atoms with Gasteiger partial charge in [0.2, 0.25) is 11.7 Å². The number of rotatable bonds is 9. The number of nitrogens with zero attached hydrogens (tertiary/aromatic N) is 3. The van der Waals surface area contributed by atoms with E-state index in [2.05, 4.69) is 25.7 Å². The molecule has 4 rings (SSSR count). The van der Waals surface area contributed by atoms with Gasteiger partial charge in [-0.25, -0.2) is 5.43 Å². The van der Waals surface area contributed by atoms with Crippen molar-refractivity contribution in [2.24, 2.45) is 5.10 Å². The molecule has 0 amide bonds. The number of aromatic amines is 1. The van der Waals surface area contributed by atoms with E-state index in [9.17, 15) is 4.79 Å². The summed E-state index contributed by atoms with van der Waals surface area (Å²) in [7, 11) is 3.11. The molecule has 0 radical (unpaired) electrons. The van der Waals surface area contributed by atoms with Crippen molar-refractivity contribution in [1.29, 1.82) is 0 Å². The Morgan fingerprint density at radius 1 is 0.941 bits per heavy atom. The van der Waals surface area contributed by atoms with Gasteiger partial charge in [-0.05, 0) is 17.7 Å². The predicted octanol–water partition coefficient (Wildman–Crippen LogP) is 3.87. The normalized spacial score (nSPS) is 10.8. The Morgan fingerprint density at radius 3 is 2.21 bits per heavy atom. The van der Waals surface area contributed by atoms with Crippen molar-refractivity contribution in [3.63, 3.8) is 0 Å². The van der Waals surface area contributed by atoms with E-state index in [4.69, 9.17) is 14.2 Å². The summed E-state index contributed by atoms with van der Waals surface area (Å²) in [6, 6.07) is 22.4. The van der Waals surface area contributed by atoms with Crippen LogP contribution in [-0.2, 0) is 6.61 Å². The van der Waals surface area contributed by atoms with Crippen LogP contribution in [0.4, 0.5) is 5.95 Å². The van der Waals surface area contributed by atoms with Crippen LogP contribution in [0.2, 0.25) is 0 Å². The fraction of sp³-hybridized carbons (Fsp3) is 0.120. The van der Waals surface area contributed by atoms with E-state index in [0.717, 1.165) is 5.56 Å². The van der Waals surface area contributed by atoms with Crippen LogP contribution in [0.25, 0.3) is 11.3 Å². The molecule has 0 fully saturated rings. The van der Waals surface area contributed by atoms with Gasteiger partial charge >= 0.3 is 0 Å². The zero-order chi connectivity index (χ0) is 23.8. The molecular weight excluding hydrogens is 434 g/mol. The molecule has 0 unspecified atom stereocenters. The maximum absolute atomic E-state index is 12.3. The van der Waals surface area contributed by atoms with Crippen molar-refractivity contribution in [2.75, 3.05) is 19.6 Å². The quantitative estimate of drug-likeness (QED) is 0.290. The highest BCUT2D eigenvalue weighted by Crippen LogP contribution is 2.38. The summed E-state index contributed by atoms with van der Waals surface area (Å²) in [5.74, 6) is 1.60. The molecule has 0 saturated carbocycles. The van der Waals surface area contributed by atoms with E-state index in [1.165, 1.54) is 6.21 Å². The Kier molecular flexibility index (Phi) is 7.14. The summed E-state index contributed by atoms with van der Waals surface area (Å²) in [6.07, 6.45) is 1.54. The summed E-state index contributed by atoms with van der Waals surface area (Å²) in [6.45, 7) is 0.369. The van der Waals surface area contributed by atoms with Crippen molar-refractivity contribution in [1.82, 2.24) is 15.2 Å². The Balaban J connectivity index is 1.48. The average molecular weight is 457 g/mol. The van der Waals surface area contributed by atoms with Gasteiger partial charge in [-0.15, -0.1) is 10.2 Å². The number of aromatic nitrogens is 3. The second kappa shape index (κ2) is 10.8. The van der Waals surface area contributed by atoms with Crippen molar-refractivity contribution in [3.05, 3.63) is 94.3 Å². The molecule has 34 heavy (non-hydrogen) atoms. The zero-order valence-corrected chi connectivity index (χ0v) is 18.7. The first-order chi connectivity index (χ1) is 16.7. The number of H-pyrrole nitrogens is 1. The lowest BCUT2D eigenvalue weighted by molar-refractivity contribution is 0.266. The summed E-state index contributed by atoms with van der Waals surface area (Å²) < 4.78 is 16.9. The Labute approximate surface area is 196 Å². The second-order valence-electron chi connectivity index (χ2n) is 7.12. The lowest BCUT2D eigenvalue weighted by atomic mass is 10.2. The van der Waals surface area contributed by atoms with Gasteiger partial charge < -0.3 is 14.2 Å². The standard InChI is InChI=1S/C25H23N5O4/c1-32-20-13-18(14-21(33-2)23(20)34-16-17-9-5-3-6-10-17)15-26-29-25-27-24(31)22(28-30-25)19-11-7-4-8-12-19/h3-15H,16H2,1-2H3,(H2,27,29,30,31)/b26-15+. The second-order valence-corrected chi connectivity index (χ2v) is 7.12. The van der Waals surface area contributed by atoms with Gasteiger partial charge in [-0.3, -0.25) is 9.78 Å². The Hall–Kier alpha value is -4.66. The lowest BCUT2D eigenvalue weighted by Crippen LogP contribution is -2.15. The van der Waals surface area contributed by atoms with Crippen molar-refractivity contribution >= 4 is 12.2 Å². The third kappa shape index (κ3) is 5.39. The van der Waals surface area contributed by atoms with Gasteiger partial charge in [0.1, 0.15) is 6.61 Å². The molecule has 4 aromatic rings. The molecule has 172 valence electrons. The van der Waals surface area contributed by atoms with Crippen molar-refractivity contribution < 1.29 is 14.2 Å². The molecule has 0 aliphatic rings. The van der Waals surface area contributed by atoms with Crippen LogP contribution in [0.5, 0.6) is 17.2 Å². The smallest absolute Gasteiger partial charge is 0.279 e. The number of hydrogen-bond donors (Lipinski definition) is 2. The van der Waals surface area contributed by atoms with Gasteiger partial charge in [0.05, 0.1) is 20.4 Å². The van der Waals surface area contributed by atoms with E-state index in [1.807, 2.05) is 48.5 Å². The summed E-state index contributed by atoms with van der Waals surface area (Å²) in [5.41, 5.74) is 4.92. The van der Waals surface area contributed by atoms with E-state index < -0.39 is 0 Å². The summed E-state index contributed by atoms with van der Waals surface area (Å²) in [5, 5.41) is 12.1. The molecule has 0 bridgehead atoms. The molecule has 0 saturated heterocycles. The van der Waals surface area contributed by atoms with E-state index >= 15 is 0 Å².